The standard InChI is InChI=1S/C33H41N5O7S/c1-20-16-38(21(2)19-39)32(41)15-24-13-26(34-31(40)14-25-17-36(5)28-10-8-7-9-27(25)28)11-12-29(24)44-30(20)18-37(6)46(42,43)33-22(3)35-45-23(33)4/h7-13,17,20-21,30,39H,14-16,18-19H2,1-6H3,(H,34,40)/t20-,21+,30-/m1/s1. The number of nitrogens with zero attached hydrogens (tertiary/aromatic N) is 4. The third-order valence-corrected chi connectivity index (χ3v) is 10.7. The van der Waals surface area contributed by atoms with Crippen molar-refractivity contribution in [1.82, 2.24) is 18.9 Å². The molecule has 4 aromatic rings. The molecule has 1 aliphatic rings. The maximum absolute atomic E-state index is 13.6. The molecule has 0 unspecified atom stereocenters. The molecule has 12 nitrogen and oxygen atoms in total. The number of aromatic nitrogens is 2. The van der Waals surface area contributed by atoms with Crippen molar-refractivity contribution in [1.29, 1.82) is 0 Å². The van der Waals surface area contributed by atoms with Crippen molar-refractivity contribution in [2.24, 2.45) is 13.0 Å². The van der Waals surface area contributed by atoms with Crippen molar-refractivity contribution in [3.05, 3.63) is 71.2 Å². The first-order valence-corrected chi connectivity index (χ1v) is 16.7. The quantitative estimate of drug-likeness (QED) is 0.280. The zero-order valence-electron chi connectivity index (χ0n) is 27.0. The molecule has 0 saturated heterocycles. The van der Waals surface area contributed by atoms with Gasteiger partial charge in [0.25, 0.3) is 0 Å². The molecule has 46 heavy (non-hydrogen) atoms. The average Bonchev–Trinajstić information content (AvgIpc) is 3.53. The van der Waals surface area contributed by atoms with Crippen LogP contribution in [0.2, 0.25) is 0 Å². The second-order valence-corrected chi connectivity index (χ2v) is 14.1. The van der Waals surface area contributed by atoms with Crippen molar-refractivity contribution in [2.75, 3.05) is 32.1 Å². The van der Waals surface area contributed by atoms with Crippen LogP contribution in [0.25, 0.3) is 10.9 Å². The van der Waals surface area contributed by atoms with Crippen molar-refractivity contribution >= 4 is 38.4 Å². The number of anilines is 1. The Labute approximate surface area is 269 Å². The lowest BCUT2D eigenvalue weighted by atomic mass is 10.0. The van der Waals surface area contributed by atoms with Crippen LogP contribution in [0.3, 0.4) is 0 Å². The van der Waals surface area contributed by atoms with E-state index in [9.17, 15) is 23.1 Å². The van der Waals surface area contributed by atoms with E-state index in [1.165, 1.54) is 11.4 Å². The van der Waals surface area contributed by atoms with E-state index in [0.717, 1.165) is 16.5 Å². The largest absolute Gasteiger partial charge is 0.488 e. The number of aliphatic hydroxyl groups is 1. The monoisotopic (exact) mass is 651 g/mol. The number of aryl methyl sites for hydroxylation is 3. The predicted molar refractivity (Wildman–Crippen MR) is 173 cm³/mol. The molecule has 2 aromatic carbocycles. The summed E-state index contributed by atoms with van der Waals surface area (Å²) < 4.78 is 41.9. The van der Waals surface area contributed by atoms with E-state index in [0.29, 0.717) is 17.0 Å². The Kier molecular flexibility index (Phi) is 9.57. The molecule has 0 aliphatic carbocycles. The van der Waals surface area contributed by atoms with Gasteiger partial charge in [-0.05, 0) is 50.6 Å². The lowest BCUT2D eigenvalue weighted by molar-refractivity contribution is -0.134. The molecule has 0 bridgehead atoms. The number of nitrogens with one attached hydrogen (secondary N) is 1. The van der Waals surface area contributed by atoms with Gasteiger partial charge in [0.2, 0.25) is 21.8 Å². The van der Waals surface area contributed by atoms with Gasteiger partial charge in [-0.1, -0.05) is 30.3 Å². The van der Waals surface area contributed by atoms with Gasteiger partial charge in [0, 0.05) is 54.9 Å². The number of ether oxygens (including phenoxy) is 1. The second kappa shape index (κ2) is 13.3. The minimum atomic E-state index is -3.96. The van der Waals surface area contributed by atoms with E-state index in [-0.39, 0.29) is 66.6 Å². The van der Waals surface area contributed by atoms with Crippen LogP contribution in [-0.2, 0) is 39.5 Å². The number of likely N-dealkylation sites (N-methyl/N-ethyl adjacent to an activating group) is 1. The molecule has 0 radical (unpaired) electrons. The highest BCUT2D eigenvalue weighted by molar-refractivity contribution is 7.89. The zero-order valence-corrected chi connectivity index (χ0v) is 27.8. The van der Waals surface area contributed by atoms with E-state index in [4.69, 9.17) is 9.26 Å². The van der Waals surface area contributed by atoms with Crippen LogP contribution in [0.5, 0.6) is 5.75 Å². The Morgan fingerprint density at radius 3 is 2.65 bits per heavy atom. The average molecular weight is 652 g/mol. The molecule has 1 aliphatic heterocycles. The number of amides is 2. The maximum Gasteiger partial charge on any atom is 0.248 e. The first-order chi connectivity index (χ1) is 21.8. The van der Waals surface area contributed by atoms with Gasteiger partial charge < -0.3 is 29.2 Å². The number of carbonyl (C=O) groups is 2. The molecule has 13 heteroatoms. The molecule has 0 fully saturated rings. The minimum absolute atomic E-state index is 0.0145. The number of fused-ring (bicyclic) bond motifs is 2. The summed E-state index contributed by atoms with van der Waals surface area (Å²) in [4.78, 5) is 28.4. The Balaban J connectivity index is 1.42. The smallest absolute Gasteiger partial charge is 0.248 e. The van der Waals surface area contributed by atoms with Crippen LogP contribution in [0, 0.1) is 19.8 Å². The Bertz CT molecular complexity index is 1850. The lowest BCUT2D eigenvalue weighted by Gasteiger charge is -2.33. The van der Waals surface area contributed by atoms with Gasteiger partial charge in [0.05, 0.1) is 32.0 Å². The van der Waals surface area contributed by atoms with Crippen LogP contribution in [0.1, 0.15) is 36.4 Å². The number of para-hydroxylation sites is 1. The predicted octanol–water partition coefficient (Wildman–Crippen LogP) is 3.43. The fraction of sp³-hybridized carbons (Fsp3) is 0.424. The Morgan fingerprint density at radius 2 is 1.96 bits per heavy atom. The number of aliphatic hydroxyl groups excluding tert-OH is 1. The number of hydrogen-bond acceptors (Lipinski definition) is 8. The summed E-state index contributed by atoms with van der Waals surface area (Å²) in [6, 6.07) is 12.5. The number of sulfonamides is 1. The van der Waals surface area contributed by atoms with Crippen LogP contribution in [-0.4, -0.2) is 83.2 Å². The number of benzene rings is 2. The summed E-state index contributed by atoms with van der Waals surface area (Å²) in [5.74, 6) is -0.124. The maximum atomic E-state index is 13.6. The molecule has 3 atom stereocenters. The molecule has 2 amide bonds. The molecular formula is C33H41N5O7S. The second-order valence-electron chi connectivity index (χ2n) is 12.2. The summed E-state index contributed by atoms with van der Waals surface area (Å²) >= 11 is 0. The highest BCUT2D eigenvalue weighted by atomic mass is 32.2. The van der Waals surface area contributed by atoms with E-state index in [1.807, 2.05) is 49.0 Å². The third-order valence-electron chi connectivity index (χ3n) is 8.60. The van der Waals surface area contributed by atoms with Crippen LogP contribution in [0.4, 0.5) is 5.69 Å². The third kappa shape index (κ3) is 6.67. The Morgan fingerprint density at radius 1 is 1.22 bits per heavy atom. The highest BCUT2D eigenvalue weighted by Crippen LogP contribution is 2.31. The van der Waals surface area contributed by atoms with Crippen LogP contribution < -0.4 is 10.1 Å². The van der Waals surface area contributed by atoms with Gasteiger partial charge >= 0.3 is 0 Å². The fourth-order valence-corrected chi connectivity index (χ4v) is 7.49. The molecule has 0 saturated carbocycles. The zero-order chi connectivity index (χ0) is 33.3. The lowest BCUT2D eigenvalue weighted by Crippen LogP contribution is -2.48. The highest BCUT2D eigenvalue weighted by Gasteiger charge is 2.35. The summed E-state index contributed by atoms with van der Waals surface area (Å²) in [6.45, 7) is 6.76. The van der Waals surface area contributed by atoms with Crippen molar-refractivity contribution in [3.8, 4) is 5.75 Å². The molecule has 0 spiro atoms. The van der Waals surface area contributed by atoms with E-state index < -0.39 is 22.2 Å². The molecule has 3 heterocycles. The SMILES string of the molecule is Cc1noc(C)c1S(=O)(=O)N(C)C[C@H]1Oc2ccc(NC(=O)Cc3cn(C)c4ccccc34)cc2CC(=O)N([C@@H](C)CO)C[C@H]1C. The van der Waals surface area contributed by atoms with Crippen LogP contribution >= 0.6 is 0 Å². The van der Waals surface area contributed by atoms with E-state index in [1.54, 1.807) is 43.9 Å². The molecule has 2 aromatic heterocycles. The molecule has 246 valence electrons. The van der Waals surface area contributed by atoms with Crippen molar-refractivity contribution in [2.45, 2.75) is 57.6 Å². The van der Waals surface area contributed by atoms with Gasteiger partial charge in [-0.3, -0.25) is 9.59 Å². The van der Waals surface area contributed by atoms with Gasteiger partial charge in [-0.15, -0.1) is 0 Å². The summed E-state index contributed by atoms with van der Waals surface area (Å²) in [6.07, 6.45) is 1.42. The Hall–Kier alpha value is -4.20. The first-order valence-electron chi connectivity index (χ1n) is 15.2. The topological polar surface area (TPSA) is 147 Å². The molecular weight excluding hydrogens is 610 g/mol. The van der Waals surface area contributed by atoms with E-state index in [2.05, 4.69) is 10.5 Å². The summed E-state index contributed by atoms with van der Waals surface area (Å²) in [5, 5.41) is 17.7. The summed E-state index contributed by atoms with van der Waals surface area (Å²) in [7, 11) is -0.551. The number of rotatable bonds is 9. The summed E-state index contributed by atoms with van der Waals surface area (Å²) in [5.41, 5.74) is 3.25. The fourth-order valence-electron chi connectivity index (χ4n) is 6.02. The minimum Gasteiger partial charge on any atom is -0.488 e. The van der Waals surface area contributed by atoms with Crippen molar-refractivity contribution in [3.63, 3.8) is 0 Å². The normalized spacial score (nSPS) is 18.1. The molecule has 2 N–H and O–H groups in total. The van der Waals surface area contributed by atoms with Gasteiger partial charge in [-0.25, -0.2) is 8.42 Å². The number of hydrogen-bond donors (Lipinski definition) is 2. The number of carbonyl (C=O) groups excluding carboxylic acids is 2. The van der Waals surface area contributed by atoms with Crippen molar-refractivity contribution < 1.29 is 32.4 Å². The first kappa shape index (κ1) is 33.2. The van der Waals surface area contributed by atoms with E-state index >= 15 is 0 Å². The van der Waals surface area contributed by atoms with Gasteiger partial charge in [0.15, 0.2) is 5.76 Å². The molecule has 5 rings (SSSR count). The van der Waals surface area contributed by atoms with Gasteiger partial charge in [0.1, 0.15) is 22.4 Å². The van der Waals surface area contributed by atoms with Crippen LogP contribution in [0.15, 0.2) is 58.1 Å². The van der Waals surface area contributed by atoms with Gasteiger partial charge in [-0.2, -0.15) is 4.31 Å².